The van der Waals surface area contributed by atoms with Crippen molar-refractivity contribution in [2.24, 2.45) is 0 Å². The highest BCUT2D eigenvalue weighted by Crippen LogP contribution is 2.21. The van der Waals surface area contributed by atoms with Crippen LogP contribution in [0.1, 0.15) is 53.0 Å². The molecule has 0 saturated carbocycles. The van der Waals surface area contributed by atoms with E-state index in [-0.39, 0.29) is 18.0 Å². The molecule has 1 aromatic carbocycles. The molecule has 28 heavy (non-hydrogen) atoms. The lowest BCUT2D eigenvalue weighted by Gasteiger charge is -2.36. The molecule has 1 saturated heterocycles. The van der Waals surface area contributed by atoms with Gasteiger partial charge < -0.3 is 4.90 Å². The van der Waals surface area contributed by atoms with E-state index in [9.17, 15) is 13.2 Å². The minimum Gasteiger partial charge on any atom is -0.337 e. The van der Waals surface area contributed by atoms with E-state index < -0.39 is 10.0 Å². The van der Waals surface area contributed by atoms with Gasteiger partial charge in [-0.1, -0.05) is 26.0 Å². The van der Waals surface area contributed by atoms with Crippen LogP contribution >= 0.6 is 0 Å². The third-order valence-corrected chi connectivity index (χ3v) is 7.19. The molecule has 1 aliphatic rings. The van der Waals surface area contributed by atoms with E-state index in [1.165, 1.54) is 4.31 Å². The molecule has 0 spiro atoms. The third-order valence-electron chi connectivity index (χ3n) is 5.28. The molecule has 1 amide bonds. The number of rotatable bonds is 7. The monoisotopic (exact) mass is 409 g/mol. The smallest absolute Gasteiger partial charge is 0.243 e. The zero-order valence-corrected chi connectivity index (χ0v) is 18.9. The molecule has 1 heterocycles. The average molecular weight is 410 g/mol. The van der Waals surface area contributed by atoms with Gasteiger partial charge in [0.05, 0.1) is 11.4 Å². The summed E-state index contributed by atoms with van der Waals surface area (Å²) in [5.41, 5.74) is 1.13. The Balaban J connectivity index is 1.98. The van der Waals surface area contributed by atoms with E-state index in [4.69, 9.17) is 0 Å². The zero-order chi connectivity index (χ0) is 21.1. The molecule has 0 unspecified atom stereocenters. The largest absolute Gasteiger partial charge is 0.337 e. The molecule has 0 atom stereocenters. The van der Waals surface area contributed by atoms with Crippen molar-refractivity contribution in [1.29, 1.82) is 0 Å². The number of amides is 1. The van der Waals surface area contributed by atoms with Crippen molar-refractivity contribution in [3.63, 3.8) is 0 Å². The van der Waals surface area contributed by atoms with Gasteiger partial charge in [-0.3, -0.25) is 9.69 Å². The van der Waals surface area contributed by atoms with E-state index in [0.29, 0.717) is 43.5 Å². The first kappa shape index (κ1) is 22.8. The Morgan fingerprint density at radius 3 is 1.86 bits per heavy atom. The Bertz CT molecular complexity index is 742. The van der Waals surface area contributed by atoms with Crippen molar-refractivity contribution in [3.8, 4) is 0 Å². The van der Waals surface area contributed by atoms with Gasteiger partial charge in [0.25, 0.3) is 0 Å². The van der Waals surface area contributed by atoms with Crippen molar-refractivity contribution in [2.75, 3.05) is 32.7 Å². The molecule has 0 aromatic heterocycles. The minimum absolute atomic E-state index is 0.102. The summed E-state index contributed by atoms with van der Waals surface area (Å²) in [6.07, 6.45) is 0. The maximum atomic E-state index is 12.9. The summed E-state index contributed by atoms with van der Waals surface area (Å²) in [4.78, 5) is 16.9. The van der Waals surface area contributed by atoms with Crippen LogP contribution in [0.2, 0.25) is 0 Å². The Morgan fingerprint density at radius 2 is 1.43 bits per heavy atom. The number of hydrogen-bond acceptors (Lipinski definition) is 4. The fourth-order valence-corrected chi connectivity index (χ4v) is 5.17. The van der Waals surface area contributed by atoms with Crippen molar-refractivity contribution in [3.05, 3.63) is 29.8 Å². The normalized spacial score (nSPS) is 16.9. The molecule has 7 heteroatoms. The summed E-state index contributed by atoms with van der Waals surface area (Å²) in [6, 6.07) is 7.48. The first-order chi connectivity index (χ1) is 13.0. The first-order valence-electron chi connectivity index (χ1n) is 10.2. The summed E-state index contributed by atoms with van der Waals surface area (Å²) in [6.45, 7) is 14.6. The van der Waals surface area contributed by atoms with Gasteiger partial charge in [0, 0.05) is 38.3 Å². The lowest BCUT2D eigenvalue weighted by atomic mass is 10.0. The van der Waals surface area contributed by atoms with Crippen LogP contribution in [0.15, 0.2) is 29.2 Å². The molecule has 6 nitrogen and oxygen atoms in total. The fraction of sp³-hybridized carbons (Fsp3) is 0.667. The summed E-state index contributed by atoms with van der Waals surface area (Å²) >= 11 is 0. The van der Waals surface area contributed by atoms with Crippen molar-refractivity contribution < 1.29 is 13.2 Å². The Hall–Kier alpha value is -1.44. The Morgan fingerprint density at radius 1 is 0.929 bits per heavy atom. The van der Waals surface area contributed by atoms with E-state index in [0.717, 1.165) is 5.56 Å². The molecule has 1 aromatic rings. The number of hydrogen-bond donors (Lipinski definition) is 0. The van der Waals surface area contributed by atoms with Crippen LogP contribution in [0.4, 0.5) is 0 Å². The van der Waals surface area contributed by atoms with Crippen molar-refractivity contribution >= 4 is 15.9 Å². The van der Waals surface area contributed by atoms with Gasteiger partial charge in [0.1, 0.15) is 0 Å². The maximum absolute atomic E-state index is 12.9. The highest BCUT2D eigenvalue weighted by Gasteiger charge is 2.30. The number of sulfonamides is 1. The molecule has 2 rings (SSSR count). The number of carbonyl (C=O) groups excluding carboxylic acids is 1. The van der Waals surface area contributed by atoms with Gasteiger partial charge in [0.15, 0.2) is 0 Å². The molecule has 0 aliphatic carbocycles. The van der Waals surface area contributed by atoms with Crippen LogP contribution < -0.4 is 0 Å². The van der Waals surface area contributed by atoms with Crippen LogP contribution in [0.25, 0.3) is 0 Å². The van der Waals surface area contributed by atoms with Gasteiger partial charge >= 0.3 is 0 Å². The molecular formula is C21H35N3O3S. The zero-order valence-electron chi connectivity index (χ0n) is 18.1. The average Bonchev–Trinajstić information content (AvgIpc) is 2.61. The predicted octanol–water partition coefficient (Wildman–Crippen LogP) is 2.76. The second-order valence-corrected chi connectivity index (χ2v) is 10.3. The number of nitrogens with zero attached hydrogens (tertiary/aromatic N) is 3. The summed E-state index contributed by atoms with van der Waals surface area (Å²) in [7, 11) is -3.49. The Labute approximate surface area is 170 Å². The molecular weight excluding hydrogens is 374 g/mol. The van der Waals surface area contributed by atoms with E-state index in [1.807, 2.05) is 49.6 Å². The van der Waals surface area contributed by atoms with Crippen LogP contribution in [-0.2, 0) is 14.8 Å². The van der Waals surface area contributed by atoms with Crippen LogP contribution in [0.5, 0.6) is 0 Å². The van der Waals surface area contributed by atoms with E-state index >= 15 is 0 Å². The topological polar surface area (TPSA) is 60.9 Å². The molecule has 158 valence electrons. The first-order valence-corrected chi connectivity index (χ1v) is 11.6. The second kappa shape index (κ2) is 9.37. The molecule has 1 aliphatic heterocycles. The number of piperazine rings is 1. The van der Waals surface area contributed by atoms with Crippen LogP contribution in [-0.4, -0.2) is 73.2 Å². The summed E-state index contributed by atoms with van der Waals surface area (Å²) in [5.74, 6) is 0.472. The second-order valence-electron chi connectivity index (χ2n) is 8.39. The highest BCUT2D eigenvalue weighted by molar-refractivity contribution is 7.89. The summed E-state index contributed by atoms with van der Waals surface area (Å²) in [5, 5.41) is 0. The Kier molecular flexibility index (Phi) is 7.65. The minimum atomic E-state index is -3.49. The van der Waals surface area contributed by atoms with Crippen molar-refractivity contribution in [1.82, 2.24) is 14.1 Å². The molecule has 0 bridgehead atoms. The third kappa shape index (κ3) is 5.33. The van der Waals surface area contributed by atoms with Crippen LogP contribution in [0.3, 0.4) is 0 Å². The SMILES string of the molecule is CC(C)c1ccc(S(=O)(=O)N2CCN(CC(=O)N(C(C)C)C(C)C)CC2)cc1. The van der Waals surface area contributed by atoms with Crippen molar-refractivity contribution in [2.45, 2.75) is 64.4 Å². The van der Waals surface area contributed by atoms with Gasteiger partial charge in [0.2, 0.25) is 15.9 Å². The lowest BCUT2D eigenvalue weighted by Crippen LogP contribution is -2.53. The van der Waals surface area contributed by atoms with Gasteiger partial charge in [-0.15, -0.1) is 0 Å². The van der Waals surface area contributed by atoms with Gasteiger partial charge in [-0.25, -0.2) is 8.42 Å². The highest BCUT2D eigenvalue weighted by atomic mass is 32.2. The lowest BCUT2D eigenvalue weighted by molar-refractivity contribution is -0.136. The van der Waals surface area contributed by atoms with E-state index in [1.54, 1.807) is 12.1 Å². The fourth-order valence-electron chi connectivity index (χ4n) is 3.75. The van der Waals surface area contributed by atoms with E-state index in [2.05, 4.69) is 13.8 Å². The van der Waals surface area contributed by atoms with Gasteiger partial charge in [-0.05, 0) is 51.3 Å². The molecule has 0 radical (unpaired) electrons. The molecule has 0 N–H and O–H groups in total. The van der Waals surface area contributed by atoms with Crippen LogP contribution in [0, 0.1) is 0 Å². The van der Waals surface area contributed by atoms with Gasteiger partial charge in [-0.2, -0.15) is 4.31 Å². The number of carbonyl (C=O) groups is 1. The summed E-state index contributed by atoms with van der Waals surface area (Å²) < 4.78 is 27.4. The predicted molar refractivity (Wildman–Crippen MR) is 113 cm³/mol. The molecule has 1 fully saturated rings. The quantitative estimate of drug-likeness (QED) is 0.695. The maximum Gasteiger partial charge on any atom is 0.243 e. The number of benzene rings is 1. The standard InChI is InChI=1S/C21H35N3O3S/c1-16(2)19-7-9-20(10-8-19)28(26,27)23-13-11-22(12-14-23)15-21(25)24(17(3)4)18(5)6/h7-10,16-18H,11-15H2,1-6H3.